The average Bonchev–Trinajstić information content (AvgIpc) is 3.06. The lowest BCUT2D eigenvalue weighted by Crippen LogP contribution is -2.45. The Labute approximate surface area is 101 Å². The highest BCUT2D eigenvalue weighted by atomic mass is 16.2. The molecule has 94 valence electrons. The van der Waals surface area contributed by atoms with E-state index in [1.54, 1.807) is 0 Å². The largest absolute Gasteiger partial charge is 0.344 e. The molecule has 1 aliphatic rings. The first-order valence-electron chi connectivity index (χ1n) is 6.33. The van der Waals surface area contributed by atoms with Crippen molar-refractivity contribution in [2.45, 2.75) is 57.9 Å². The normalized spacial score (nSPS) is 15.9. The molecule has 2 rings (SSSR count). The molecular weight excluding hydrogens is 216 g/mol. The maximum atomic E-state index is 12.0. The monoisotopic (exact) mass is 236 g/mol. The van der Waals surface area contributed by atoms with Crippen molar-refractivity contribution in [3.63, 3.8) is 0 Å². The molecule has 0 radical (unpaired) electrons. The van der Waals surface area contributed by atoms with Crippen LogP contribution in [0.1, 0.15) is 68.8 Å². The Morgan fingerprint density at radius 1 is 1.47 bits per heavy atom. The Morgan fingerprint density at radius 2 is 2.12 bits per heavy atom. The lowest BCUT2D eigenvalue weighted by Gasteiger charge is -2.27. The molecule has 1 saturated carbocycles. The van der Waals surface area contributed by atoms with Gasteiger partial charge in [0.15, 0.2) is 0 Å². The fourth-order valence-corrected chi connectivity index (χ4v) is 1.67. The first-order chi connectivity index (χ1) is 8.08. The fraction of sp³-hybridized carbons (Fsp3) is 0.750. The molecule has 1 heterocycles. The number of rotatable bonds is 5. The zero-order valence-corrected chi connectivity index (χ0v) is 10.7. The van der Waals surface area contributed by atoms with E-state index in [-0.39, 0.29) is 17.3 Å². The lowest BCUT2D eigenvalue weighted by molar-refractivity contribution is 0.0890. The summed E-state index contributed by atoms with van der Waals surface area (Å²) in [7, 11) is 0. The van der Waals surface area contributed by atoms with Gasteiger partial charge in [0.1, 0.15) is 5.82 Å². The number of nitrogens with zero attached hydrogens (tertiary/aromatic N) is 2. The first-order valence-corrected chi connectivity index (χ1v) is 6.33. The van der Waals surface area contributed by atoms with E-state index in [0.717, 1.165) is 31.5 Å². The van der Waals surface area contributed by atoms with E-state index >= 15 is 0 Å². The second-order valence-corrected chi connectivity index (χ2v) is 5.04. The number of nitrogens with one attached hydrogen (secondary N) is 2. The summed E-state index contributed by atoms with van der Waals surface area (Å²) in [5, 5.41) is 9.83. The average molecular weight is 236 g/mol. The van der Waals surface area contributed by atoms with Crippen molar-refractivity contribution in [2.75, 3.05) is 0 Å². The molecule has 0 atom stereocenters. The van der Waals surface area contributed by atoms with Gasteiger partial charge in [-0.3, -0.25) is 9.89 Å². The second kappa shape index (κ2) is 4.47. The first kappa shape index (κ1) is 12.1. The molecule has 0 saturated heterocycles. The Morgan fingerprint density at radius 3 is 2.65 bits per heavy atom. The summed E-state index contributed by atoms with van der Waals surface area (Å²) in [5.74, 6) is 1.43. The van der Waals surface area contributed by atoms with Crippen molar-refractivity contribution in [2.24, 2.45) is 0 Å². The molecule has 1 aromatic rings. The third kappa shape index (κ3) is 2.65. The predicted molar refractivity (Wildman–Crippen MR) is 64.8 cm³/mol. The van der Waals surface area contributed by atoms with Crippen molar-refractivity contribution in [1.29, 1.82) is 0 Å². The molecule has 1 aliphatic carbocycles. The SMILES string of the molecule is CCC(C)(CC)NC(=O)c1n[nH]c(C2CC2)n1. The molecule has 17 heavy (non-hydrogen) atoms. The number of carbonyl (C=O) groups is 1. The van der Waals surface area contributed by atoms with Gasteiger partial charge in [0.25, 0.3) is 5.91 Å². The molecule has 0 aliphatic heterocycles. The minimum Gasteiger partial charge on any atom is -0.344 e. The van der Waals surface area contributed by atoms with Crippen molar-refractivity contribution in [3.05, 3.63) is 11.6 Å². The molecule has 1 amide bonds. The highest BCUT2D eigenvalue weighted by molar-refractivity contribution is 5.90. The Hall–Kier alpha value is -1.39. The van der Waals surface area contributed by atoms with Gasteiger partial charge < -0.3 is 5.32 Å². The van der Waals surface area contributed by atoms with Crippen LogP contribution in [-0.4, -0.2) is 26.6 Å². The van der Waals surface area contributed by atoms with E-state index in [0.29, 0.717) is 5.92 Å². The molecule has 5 nitrogen and oxygen atoms in total. The zero-order valence-electron chi connectivity index (χ0n) is 10.7. The van der Waals surface area contributed by atoms with E-state index < -0.39 is 0 Å². The standard InChI is InChI=1S/C12H20N4O/c1-4-12(3,5-2)14-11(17)10-13-9(15-16-10)8-6-7-8/h8H,4-7H2,1-3H3,(H,14,17)(H,13,15,16). The lowest BCUT2D eigenvalue weighted by atomic mass is 9.95. The Bertz CT molecular complexity index is 404. The minimum absolute atomic E-state index is 0.169. The minimum atomic E-state index is -0.181. The summed E-state index contributed by atoms with van der Waals surface area (Å²) < 4.78 is 0. The number of hydrogen-bond donors (Lipinski definition) is 2. The van der Waals surface area contributed by atoms with Gasteiger partial charge in [0.05, 0.1) is 0 Å². The summed E-state index contributed by atoms with van der Waals surface area (Å²) in [4.78, 5) is 16.2. The molecule has 2 N–H and O–H groups in total. The molecule has 0 bridgehead atoms. The van der Waals surface area contributed by atoms with E-state index in [2.05, 4.69) is 34.3 Å². The molecule has 1 aromatic heterocycles. The van der Waals surface area contributed by atoms with Crippen LogP contribution in [0.4, 0.5) is 0 Å². The fourth-order valence-electron chi connectivity index (χ4n) is 1.67. The molecule has 1 fully saturated rings. The van der Waals surface area contributed by atoms with Crippen LogP contribution in [0.25, 0.3) is 0 Å². The summed E-state index contributed by atoms with van der Waals surface area (Å²) in [6.07, 6.45) is 4.10. The van der Waals surface area contributed by atoms with Crippen LogP contribution in [0.15, 0.2) is 0 Å². The third-order valence-corrected chi connectivity index (χ3v) is 3.65. The van der Waals surface area contributed by atoms with Gasteiger partial charge in [-0.05, 0) is 32.6 Å². The quantitative estimate of drug-likeness (QED) is 0.821. The summed E-state index contributed by atoms with van der Waals surface area (Å²) in [5.41, 5.74) is -0.169. The number of aromatic amines is 1. The number of H-pyrrole nitrogens is 1. The molecule has 5 heteroatoms. The van der Waals surface area contributed by atoms with Gasteiger partial charge in [-0.2, -0.15) is 0 Å². The van der Waals surface area contributed by atoms with E-state index in [9.17, 15) is 4.79 Å². The van der Waals surface area contributed by atoms with Crippen LogP contribution in [0, 0.1) is 0 Å². The topological polar surface area (TPSA) is 70.7 Å². The van der Waals surface area contributed by atoms with Crippen molar-refractivity contribution in [3.8, 4) is 0 Å². The van der Waals surface area contributed by atoms with Gasteiger partial charge in [-0.25, -0.2) is 4.98 Å². The highest BCUT2D eigenvalue weighted by Crippen LogP contribution is 2.37. The van der Waals surface area contributed by atoms with Crippen LogP contribution in [0.2, 0.25) is 0 Å². The van der Waals surface area contributed by atoms with Gasteiger partial charge in [-0.1, -0.05) is 13.8 Å². The van der Waals surface area contributed by atoms with E-state index in [1.807, 2.05) is 6.92 Å². The maximum absolute atomic E-state index is 12.0. The van der Waals surface area contributed by atoms with Gasteiger partial charge >= 0.3 is 0 Å². The Kier molecular flexibility index (Phi) is 3.17. The second-order valence-electron chi connectivity index (χ2n) is 5.04. The number of amides is 1. The van der Waals surface area contributed by atoms with Crippen LogP contribution in [0.3, 0.4) is 0 Å². The molecular formula is C12H20N4O. The summed E-state index contributed by atoms with van der Waals surface area (Å²) in [6, 6.07) is 0. The van der Waals surface area contributed by atoms with Gasteiger partial charge in [-0.15, -0.1) is 5.10 Å². The van der Waals surface area contributed by atoms with Crippen LogP contribution in [0.5, 0.6) is 0 Å². The molecule has 0 unspecified atom stereocenters. The maximum Gasteiger partial charge on any atom is 0.291 e. The van der Waals surface area contributed by atoms with Gasteiger partial charge in [0, 0.05) is 11.5 Å². The predicted octanol–water partition coefficient (Wildman–Crippen LogP) is 1.99. The van der Waals surface area contributed by atoms with Gasteiger partial charge in [0.2, 0.25) is 5.82 Å². The van der Waals surface area contributed by atoms with E-state index in [1.165, 1.54) is 0 Å². The zero-order chi connectivity index (χ0) is 12.5. The highest BCUT2D eigenvalue weighted by Gasteiger charge is 2.29. The summed E-state index contributed by atoms with van der Waals surface area (Å²) in [6.45, 7) is 6.17. The van der Waals surface area contributed by atoms with Crippen LogP contribution >= 0.6 is 0 Å². The van der Waals surface area contributed by atoms with Crippen LogP contribution < -0.4 is 5.32 Å². The number of carbonyl (C=O) groups excluding carboxylic acids is 1. The van der Waals surface area contributed by atoms with Crippen molar-refractivity contribution >= 4 is 5.91 Å². The van der Waals surface area contributed by atoms with Crippen molar-refractivity contribution in [1.82, 2.24) is 20.5 Å². The van der Waals surface area contributed by atoms with Crippen LogP contribution in [-0.2, 0) is 0 Å². The summed E-state index contributed by atoms with van der Waals surface area (Å²) >= 11 is 0. The molecule has 0 spiro atoms. The molecule has 0 aromatic carbocycles. The van der Waals surface area contributed by atoms with Crippen molar-refractivity contribution < 1.29 is 4.79 Å². The Balaban J connectivity index is 2.03. The third-order valence-electron chi connectivity index (χ3n) is 3.65. The number of hydrogen-bond acceptors (Lipinski definition) is 3. The smallest absolute Gasteiger partial charge is 0.291 e. The van der Waals surface area contributed by atoms with E-state index in [4.69, 9.17) is 0 Å². The number of aromatic nitrogens is 3.